The third-order valence-electron chi connectivity index (χ3n) is 4.80. The number of aliphatic hydroxyl groups is 2. The summed E-state index contributed by atoms with van der Waals surface area (Å²) in [5, 5.41) is 22.1. The van der Waals surface area contributed by atoms with Crippen molar-refractivity contribution in [1.82, 2.24) is 10.3 Å². The maximum absolute atomic E-state index is 12.1. The van der Waals surface area contributed by atoms with Gasteiger partial charge in [-0.1, -0.05) is 19.3 Å². The molecule has 0 aliphatic heterocycles. The second-order valence-corrected chi connectivity index (χ2v) is 8.00. The molecule has 12 nitrogen and oxygen atoms in total. The Bertz CT molecular complexity index is 816. The van der Waals surface area contributed by atoms with Gasteiger partial charge >= 0.3 is 23.9 Å². The number of ether oxygens (including phenoxy) is 4. The quantitative estimate of drug-likeness (QED) is 0.144. The van der Waals surface area contributed by atoms with Crippen molar-refractivity contribution in [3.63, 3.8) is 0 Å². The molecule has 0 saturated heterocycles. The molecule has 1 rings (SSSR count). The molecule has 0 radical (unpaired) electrons. The number of nitrogens with zero attached hydrogens (tertiary/aromatic N) is 1. The molecular weight excluding hydrogens is 476 g/mol. The van der Waals surface area contributed by atoms with E-state index in [1.807, 2.05) is 7.05 Å². The van der Waals surface area contributed by atoms with Crippen LogP contribution in [0.2, 0.25) is 0 Å². The van der Waals surface area contributed by atoms with Crippen molar-refractivity contribution in [2.45, 2.75) is 57.7 Å². The number of nitrogens with one attached hydrogen (secondary N) is 1. The molecule has 0 saturated carbocycles. The number of pyridine rings is 1. The monoisotopic (exact) mass is 512 g/mol. The molecule has 0 aliphatic carbocycles. The standard InChI is InChI=1S/C24H36N2O10/c1-17(28)36-20(13-27)16-35-23(31)18-9-10-21(26-12-18)24(32)34-15-19(29)14-33-22(30)8-6-4-3-5-7-11-25-2/h9-10,12,19-20,25,27,29H,3-8,11,13-16H2,1-2H3. The molecule has 0 amide bonds. The highest BCUT2D eigenvalue weighted by molar-refractivity contribution is 5.91. The van der Waals surface area contributed by atoms with Gasteiger partial charge in [0.15, 0.2) is 6.10 Å². The van der Waals surface area contributed by atoms with Gasteiger partial charge in [-0.2, -0.15) is 0 Å². The maximum Gasteiger partial charge on any atom is 0.357 e. The fraction of sp³-hybridized carbons (Fsp3) is 0.625. The zero-order valence-electron chi connectivity index (χ0n) is 20.8. The lowest BCUT2D eigenvalue weighted by molar-refractivity contribution is -0.151. The first-order chi connectivity index (χ1) is 17.3. The van der Waals surface area contributed by atoms with Crippen molar-refractivity contribution < 1.29 is 48.3 Å². The number of hydrogen-bond acceptors (Lipinski definition) is 12. The summed E-state index contributed by atoms with van der Waals surface area (Å²) in [7, 11) is 1.91. The molecule has 202 valence electrons. The molecule has 1 heterocycles. The molecule has 0 spiro atoms. The van der Waals surface area contributed by atoms with Crippen LogP contribution in [0.25, 0.3) is 0 Å². The number of carbonyl (C=O) groups excluding carboxylic acids is 4. The fourth-order valence-corrected chi connectivity index (χ4v) is 2.90. The minimum Gasteiger partial charge on any atom is -0.463 e. The van der Waals surface area contributed by atoms with Crippen molar-refractivity contribution in [3.8, 4) is 0 Å². The molecular formula is C24H36N2O10. The molecule has 0 bridgehead atoms. The summed E-state index contributed by atoms with van der Waals surface area (Å²) in [4.78, 5) is 50.6. The Kier molecular flexibility index (Phi) is 15.7. The van der Waals surface area contributed by atoms with Gasteiger partial charge in [-0.25, -0.2) is 14.6 Å². The molecule has 1 aromatic heterocycles. The number of aliphatic hydroxyl groups excluding tert-OH is 2. The molecule has 36 heavy (non-hydrogen) atoms. The molecule has 0 aromatic carbocycles. The van der Waals surface area contributed by atoms with Gasteiger partial charge in [-0.3, -0.25) is 9.59 Å². The molecule has 3 N–H and O–H groups in total. The summed E-state index contributed by atoms with van der Waals surface area (Å²) >= 11 is 0. The molecule has 2 unspecified atom stereocenters. The van der Waals surface area contributed by atoms with Gasteiger partial charge in [-0.05, 0) is 38.6 Å². The van der Waals surface area contributed by atoms with E-state index in [2.05, 4.69) is 10.3 Å². The Morgan fingerprint density at radius 1 is 0.944 bits per heavy atom. The lowest BCUT2D eigenvalue weighted by Crippen LogP contribution is -2.27. The van der Waals surface area contributed by atoms with E-state index in [0.29, 0.717) is 6.42 Å². The highest BCUT2D eigenvalue weighted by Gasteiger charge is 2.18. The van der Waals surface area contributed by atoms with Crippen molar-refractivity contribution >= 4 is 23.9 Å². The Morgan fingerprint density at radius 3 is 2.25 bits per heavy atom. The van der Waals surface area contributed by atoms with E-state index >= 15 is 0 Å². The van der Waals surface area contributed by atoms with Crippen molar-refractivity contribution in [3.05, 3.63) is 29.6 Å². The van der Waals surface area contributed by atoms with Gasteiger partial charge in [0.25, 0.3) is 0 Å². The van der Waals surface area contributed by atoms with Crippen LogP contribution in [0.1, 0.15) is 66.3 Å². The summed E-state index contributed by atoms with van der Waals surface area (Å²) in [6.45, 7) is 0.578. The summed E-state index contributed by atoms with van der Waals surface area (Å²) in [6, 6.07) is 2.52. The number of aromatic nitrogens is 1. The second-order valence-electron chi connectivity index (χ2n) is 8.00. The summed E-state index contributed by atoms with van der Waals surface area (Å²) in [5.41, 5.74) is -0.0883. The lowest BCUT2D eigenvalue weighted by Gasteiger charge is -2.14. The molecule has 12 heteroatoms. The van der Waals surface area contributed by atoms with Crippen LogP contribution < -0.4 is 5.32 Å². The number of esters is 4. The molecule has 1 aromatic rings. The first kappa shape index (κ1) is 30.9. The average molecular weight is 513 g/mol. The zero-order valence-corrected chi connectivity index (χ0v) is 20.8. The summed E-state index contributed by atoms with van der Waals surface area (Å²) in [6.07, 6.45) is 4.08. The van der Waals surface area contributed by atoms with Gasteiger partial charge in [0.05, 0.1) is 12.2 Å². The topological polar surface area (TPSA) is 171 Å². The number of carbonyl (C=O) groups is 4. The van der Waals surface area contributed by atoms with Gasteiger partial charge in [0.1, 0.15) is 31.6 Å². The van der Waals surface area contributed by atoms with E-state index in [1.54, 1.807) is 0 Å². The normalized spacial score (nSPS) is 12.3. The maximum atomic E-state index is 12.1. The van der Waals surface area contributed by atoms with Gasteiger partial charge in [0.2, 0.25) is 0 Å². The summed E-state index contributed by atoms with van der Waals surface area (Å²) in [5.74, 6) is -2.68. The van der Waals surface area contributed by atoms with Crippen LogP contribution >= 0.6 is 0 Å². The Hall–Kier alpha value is -3.09. The number of rotatable bonds is 18. The minimum atomic E-state index is -1.19. The van der Waals surface area contributed by atoms with E-state index in [-0.39, 0.29) is 30.9 Å². The first-order valence-corrected chi connectivity index (χ1v) is 11.8. The van der Waals surface area contributed by atoms with E-state index < -0.39 is 49.3 Å². The largest absolute Gasteiger partial charge is 0.463 e. The Balaban J connectivity index is 2.29. The van der Waals surface area contributed by atoms with Crippen LogP contribution in [0.4, 0.5) is 0 Å². The highest BCUT2D eigenvalue weighted by Crippen LogP contribution is 2.07. The average Bonchev–Trinajstić information content (AvgIpc) is 2.87. The molecule has 0 aliphatic rings. The van der Waals surface area contributed by atoms with Crippen LogP contribution in [-0.2, 0) is 28.5 Å². The Morgan fingerprint density at radius 2 is 1.61 bits per heavy atom. The van der Waals surface area contributed by atoms with Crippen LogP contribution in [0.5, 0.6) is 0 Å². The van der Waals surface area contributed by atoms with Gasteiger partial charge in [0, 0.05) is 19.5 Å². The number of hydrogen-bond donors (Lipinski definition) is 3. The fourth-order valence-electron chi connectivity index (χ4n) is 2.90. The van der Waals surface area contributed by atoms with Crippen LogP contribution in [0, 0.1) is 0 Å². The van der Waals surface area contributed by atoms with E-state index in [1.165, 1.54) is 12.1 Å². The zero-order chi connectivity index (χ0) is 26.8. The molecule has 2 atom stereocenters. The minimum absolute atomic E-state index is 0.0241. The van der Waals surface area contributed by atoms with Crippen LogP contribution in [0.3, 0.4) is 0 Å². The van der Waals surface area contributed by atoms with Crippen LogP contribution in [0.15, 0.2) is 18.3 Å². The predicted molar refractivity (Wildman–Crippen MR) is 126 cm³/mol. The van der Waals surface area contributed by atoms with Gasteiger partial charge in [-0.15, -0.1) is 0 Å². The van der Waals surface area contributed by atoms with E-state index in [0.717, 1.165) is 45.3 Å². The third-order valence-corrected chi connectivity index (χ3v) is 4.80. The summed E-state index contributed by atoms with van der Waals surface area (Å²) < 4.78 is 19.7. The van der Waals surface area contributed by atoms with E-state index in [4.69, 9.17) is 24.1 Å². The highest BCUT2D eigenvalue weighted by atomic mass is 16.6. The lowest BCUT2D eigenvalue weighted by atomic mass is 10.1. The number of unbranched alkanes of at least 4 members (excludes halogenated alkanes) is 4. The first-order valence-electron chi connectivity index (χ1n) is 11.8. The van der Waals surface area contributed by atoms with Crippen molar-refractivity contribution in [2.24, 2.45) is 0 Å². The van der Waals surface area contributed by atoms with Gasteiger partial charge < -0.3 is 34.5 Å². The predicted octanol–water partition coefficient (Wildman–Crippen LogP) is 0.783. The van der Waals surface area contributed by atoms with Crippen LogP contribution in [-0.4, -0.2) is 91.3 Å². The Labute approximate surface area is 210 Å². The third kappa shape index (κ3) is 13.7. The smallest absolute Gasteiger partial charge is 0.357 e. The molecule has 0 fully saturated rings. The SMILES string of the molecule is CNCCCCCCCC(=O)OCC(O)COC(=O)c1ccc(C(=O)OCC(CO)OC(C)=O)cn1. The van der Waals surface area contributed by atoms with Crippen molar-refractivity contribution in [2.75, 3.05) is 40.0 Å². The van der Waals surface area contributed by atoms with E-state index in [9.17, 15) is 24.3 Å². The van der Waals surface area contributed by atoms with Crippen molar-refractivity contribution in [1.29, 1.82) is 0 Å². The second kappa shape index (κ2) is 18.2.